The number of methoxy groups -OCH3 is 2. The van der Waals surface area contributed by atoms with E-state index in [-0.39, 0.29) is 48.0 Å². The van der Waals surface area contributed by atoms with Crippen LogP contribution in [0.5, 0.6) is 0 Å². The van der Waals surface area contributed by atoms with Gasteiger partial charge < -0.3 is 45.2 Å². The summed E-state index contributed by atoms with van der Waals surface area (Å²) in [5, 5.41) is 17.0. The van der Waals surface area contributed by atoms with Crippen LogP contribution >= 0.6 is 0 Å². The summed E-state index contributed by atoms with van der Waals surface area (Å²) >= 11 is 0. The molecule has 0 unspecified atom stereocenters. The molecule has 2 aliphatic rings. The number of aliphatic hydroxyl groups is 1. The Bertz CT molecular complexity index is 1300. The van der Waals surface area contributed by atoms with Gasteiger partial charge in [0.25, 0.3) is 5.91 Å². The lowest BCUT2D eigenvalue weighted by Gasteiger charge is -2.30. The van der Waals surface area contributed by atoms with Crippen molar-refractivity contribution in [3.63, 3.8) is 0 Å². The Morgan fingerprint density at radius 3 is 2.39 bits per heavy atom. The van der Waals surface area contributed by atoms with Crippen LogP contribution in [0.25, 0.3) is 0 Å². The average molecular weight is 690 g/mol. The molecule has 2 rings (SSSR count). The lowest BCUT2D eigenvalue weighted by molar-refractivity contribution is -0.120. The summed E-state index contributed by atoms with van der Waals surface area (Å²) in [6, 6.07) is 0. The van der Waals surface area contributed by atoms with Crippen molar-refractivity contribution in [3.05, 3.63) is 58.5 Å². The predicted molar refractivity (Wildman–Crippen MR) is 184 cm³/mol. The van der Waals surface area contributed by atoms with Crippen LogP contribution in [0.15, 0.2) is 58.5 Å². The fraction of sp³-hybridized carbons (Fsp3) is 0.611. The number of primary amides is 1. The molecule has 1 aliphatic carbocycles. The molecule has 1 aliphatic heterocycles. The van der Waals surface area contributed by atoms with Crippen LogP contribution < -0.4 is 16.4 Å². The Kier molecular flexibility index (Phi) is 18.2. The minimum atomic E-state index is -1.00. The largest absolute Gasteiger partial charge is 0.439 e. The Labute approximate surface area is 290 Å². The zero-order valence-corrected chi connectivity index (χ0v) is 29.9. The first-order valence-electron chi connectivity index (χ1n) is 16.8. The second-order valence-electron chi connectivity index (χ2n) is 12.4. The Morgan fingerprint density at radius 1 is 1.06 bits per heavy atom. The number of nitrogens with two attached hydrogens (primary N) is 1. The molecule has 0 saturated heterocycles. The number of Topliss-reactive ketones (excluding diaryl/α,β-unsaturated/α-hetero) is 1. The lowest BCUT2D eigenvalue weighted by atomic mass is 9.85. The molecule has 13 heteroatoms. The van der Waals surface area contributed by atoms with Crippen molar-refractivity contribution < 1.29 is 48.0 Å². The summed E-state index contributed by atoms with van der Waals surface area (Å²) in [6.07, 6.45) is 5.74. The van der Waals surface area contributed by atoms with Crippen molar-refractivity contribution in [3.8, 4) is 0 Å². The van der Waals surface area contributed by atoms with E-state index in [0.29, 0.717) is 31.8 Å². The molecule has 1 heterocycles. The molecule has 0 saturated carbocycles. The topological polar surface area (TPSA) is 185 Å². The third-order valence-corrected chi connectivity index (χ3v) is 8.36. The Morgan fingerprint density at radius 2 is 1.76 bits per heavy atom. The van der Waals surface area contributed by atoms with Gasteiger partial charge in [-0.15, -0.1) is 0 Å². The molecule has 0 aromatic rings. The van der Waals surface area contributed by atoms with Gasteiger partial charge in [0.1, 0.15) is 6.10 Å². The number of carbonyl (C=O) groups is 4. The van der Waals surface area contributed by atoms with E-state index < -0.39 is 53.9 Å². The lowest BCUT2D eigenvalue weighted by Crippen LogP contribution is -2.38. The highest BCUT2D eigenvalue weighted by molar-refractivity contribution is 6.23. The van der Waals surface area contributed by atoms with Crippen molar-refractivity contribution in [1.29, 1.82) is 0 Å². The summed E-state index contributed by atoms with van der Waals surface area (Å²) < 4.78 is 27.8. The van der Waals surface area contributed by atoms with Gasteiger partial charge in [0.2, 0.25) is 11.6 Å². The number of allylic oxidation sites excluding steroid dienone is 4. The maximum atomic E-state index is 13.8. The molecule has 2 bridgehead atoms. The number of nitrogens with one attached hydrogen (secondary N) is 2. The number of fused-ring (bicyclic) bond motifs is 2. The molecule has 0 radical (unpaired) electrons. The van der Waals surface area contributed by atoms with Gasteiger partial charge in [-0.1, -0.05) is 51.5 Å². The number of amides is 2. The zero-order valence-electron chi connectivity index (χ0n) is 29.9. The smallest absolute Gasteiger partial charge is 0.405 e. The van der Waals surface area contributed by atoms with Crippen LogP contribution in [0.2, 0.25) is 0 Å². The zero-order chi connectivity index (χ0) is 36.5. The van der Waals surface area contributed by atoms with E-state index in [1.54, 1.807) is 39.0 Å². The van der Waals surface area contributed by atoms with Gasteiger partial charge >= 0.3 is 6.09 Å². The Balaban J connectivity index is 2.43. The fourth-order valence-electron chi connectivity index (χ4n) is 5.60. The van der Waals surface area contributed by atoms with Gasteiger partial charge in [-0.2, -0.15) is 0 Å². The summed E-state index contributed by atoms with van der Waals surface area (Å²) in [7, 11) is 2.93. The Hall–Kier alpha value is -3.62. The summed E-state index contributed by atoms with van der Waals surface area (Å²) in [5.74, 6) is -2.21. The molecule has 274 valence electrons. The second kappa shape index (κ2) is 21.5. The molecular formula is C36H55N3O10. The van der Waals surface area contributed by atoms with Crippen molar-refractivity contribution in [1.82, 2.24) is 10.6 Å². The van der Waals surface area contributed by atoms with Gasteiger partial charge in [-0.05, 0) is 44.6 Å². The van der Waals surface area contributed by atoms with Crippen LogP contribution in [0, 0.1) is 11.8 Å². The molecule has 13 nitrogen and oxygen atoms in total. The number of aliphatic hydroxyl groups excluding tert-OH is 1. The fourth-order valence-corrected chi connectivity index (χ4v) is 5.60. The van der Waals surface area contributed by atoms with E-state index >= 15 is 0 Å². The van der Waals surface area contributed by atoms with Gasteiger partial charge in [-0.25, -0.2) is 4.79 Å². The molecule has 0 fully saturated rings. The highest BCUT2D eigenvalue weighted by atomic mass is 16.6. The average Bonchev–Trinajstić information content (AvgIpc) is 3.06. The molecule has 5 N–H and O–H groups in total. The molecule has 0 aromatic carbocycles. The third kappa shape index (κ3) is 13.3. The maximum Gasteiger partial charge on any atom is 0.405 e. The van der Waals surface area contributed by atoms with E-state index in [4.69, 9.17) is 29.4 Å². The number of rotatable bonds is 13. The molecule has 0 spiro atoms. The third-order valence-electron chi connectivity index (χ3n) is 8.36. The molecular weight excluding hydrogens is 634 g/mol. The standard InChI is InChI=1S/C36H55N3O10/c1-8-9-14-47-16-17-48-15-13-38-31-26-18-22(2)19-30(46-7)32(41)24(4)20-25(5)34(49-36(37)44)29(45-6)12-10-11-23(3)35(43)39-27(33(26)42)21-28(31)40/h10-12,20-22,24,29-30,32,34,38,41H,8-9,13-19H2,1-7H3,(H2,37,44)(H,39,43)/b12-10-,23-11+,25-20+/t22-,24+,29+,30+,32-,34+/m1/s1. The van der Waals surface area contributed by atoms with E-state index in [1.165, 1.54) is 20.3 Å². The quantitative estimate of drug-likeness (QED) is 0.127. The van der Waals surface area contributed by atoms with Gasteiger partial charge in [0.15, 0.2) is 6.10 Å². The van der Waals surface area contributed by atoms with Gasteiger partial charge in [0.05, 0.1) is 43.4 Å². The summed E-state index contributed by atoms with van der Waals surface area (Å²) in [5.41, 5.74) is 6.42. The molecule has 49 heavy (non-hydrogen) atoms. The maximum absolute atomic E-state index is 13.8. The first-order chi connectivity index (χ1) is 23.3. The summed E-state index contributed by atoms with van der Waals surface area (Å²) in [6.45, 7) is 11.2. The first kappa shape index (κ1) is 41.6. The van der Waals surface area contributed by atoms with Crippen LogP contribution in [0.3, 0.4) is 0 Å². The highest BCUT2D eigenvalue weighted by Gasteiger charge is 2.33. The number of unbranched alkanes of at least 4 members (excludes halogenated alkanes) is 1. The van der Waals surface area contributed by atoms with Crippen LogP contribution in [-0.2, 0) is 38.1 Å². The summed E-state index contributed by atoms with van der Waals surface area (Å²) in [4.78, 5) is 52.1. The SMILES string of the molecule is CCCCOCCOCCNC1=C2C[C@@H](C)C[C@H](OC)[C@H](O)[C@@H](C)/C=C(\C)[C@H](OC(N)=O)[C@@H](OC)/C=C\C=C(/C)C(=O)NC(=CC1=O)C2=O. The van der Waals surface area contributed by atoms with Crippen molar-refractivity contribution in [2.75, 3.05) is 47.2 Å². The molecule has 6 atom stereocenters. The van der Waals surface area contributed by atoms with E-state index in [2.05, 4.69) is 17.6 Å². The van der Waals surface area contributed by atoms with Crippen LogP contribution in [0.4, 0.5) is 4.79 Å². The monoisotopic (exact) mass is 689 g/mol. The van der Waals surface area contributed by atoms with Gasteiger partial charge in [-0.3, -0.25) is 14.4 Å². The minimum Gasteiger partial charge on any atom is -0.439 e. The first-order valence-corrected chi connectivity index (χ1v) is 16.8. The number of hydrogen-bond donors (Lipinski definition) is 4. The normalized spacial score (nSPS) is 28.9. The number of carbonyl (C=O) groups excluding carboxylic acids is 4. The number of ketones is 2. The van der Waals surface area contributed by atoms with Crippen molar-refractivity contribution in [2.45, 2.75) is 84.7 Å². The van der Waals surface area contributed by atoms with Crippen molar-refractivity contribution in [2.24, 2.45) is 17.6 Å². The van der Waals surface area contributed by atoms with Crippen LogP contribution in [0.1, 0.15) is 60.3 Å². The predicted octanol–water partition coefficient (Wildman–Crippen LogP) is 3.18. The molecule has 2 amide bonds. The number of ether oxygens (including phenoxy) is 5. The van der Waals surface area contributed by atoms with E-state index in [9.17, 15) is 24.3 Å². The number of hydrogen-bond acceptors (Lipinski definition) is 11. The minimum absolute atomic E-state index is 0.140. The van der Waals surface area contributed by atoms with Crippen molar-refractivity contribution >= 4 is 23.6 Å². The van der Waals surface area contributed by atoms with E-state index in [0.717, 1.165) is 18.9 Å². The highest BCUT2D eigenvalue weighted by Crippen LogP contribution is 2.28. The van der Waals surface area contributed by atoms with Crippen LogP contribution in [-0.4, -0.2) is 100 Å². The second-order valence-corrected chi connectivity index (χ2v) is 12.4. The molecule has 0 aromatic heterocycles. The van der Waals surface area contributed by atoms with E-state index in [1.807, 2.05) is 6.92 Å². The van der Waals surface area contributed by atoms with Gasteiger partial charge in [0, 0.05) is 50.5 Å².